The predicted octanol–water partition coefficient (Wildman–Crippen LogP) is 0.360. The van der Waals surface area contributed by atoms with E-state index in [0.29, 0.717) is 19.6 Å². The summed E-state index contributed by atoms with van der Waals surface area (Å²) in [5.41, 5.74) is 0. The third-order valence-corrected chi connectivity index (χ3v) is 6.62. The van der Waals surface area contributed by atoms with E-state index in [2.05, 4.69) is 0 Å². The zero-order valence-corrected chi connectivity index (χ0v) is 16.7. The largest absolute Gasteiger partial charge is 0.333 e. The third kappa shape index (κ3) is 4.61. The molecular formula is C18H29FN3O3S+. The molecule has 0 spiro atoms. The molecule has 1 aliphatic heterocycles. The molecule has 1 fully saturated rings. The standard InChI is InChI=1S/C18H28FN3O3S/c1-14(2)22(15(3)4)18(23)13-20-9-11-21(12-10-20)26(24,25)17-8-6-5-7-16(17)19/h5-8,14-15H,9-13H2,1-4H3/p+1. The fourth-order valence-corrected chi connectivity index (χ4v) is 5.00. The van der Waals surface area contributed by atoms with Gasteiger partial charge in [-0.15, -0.1) is 0 Å². The Morgan fingerprint density at radius 2 is 1.69 bits per heavy atom. The molecule has 0 unspecified atom stereocenters. The minimum Gasteiger partial charge on any atom is -0.333 e. The maximum Gasteiger partial charge on any atom is 0.278 e. The van der Waals surface area contributed by atoms with Gasteiger partial charge in [0.15, 0.2) is 6.54 Å². The molecule has 1 amide bonds. The van der Waals surface area contributed by atoms with Crippen molar-refractivity contribution in [2.24, 2.45) is 0 Å². The van der Waals surface area contributed by atoms with Crippen LogP contribution in [-0.2, 0) is 14.8 Å². The highest BCUT2D eigenvalue weighted by Crippen LogP contribution is 2.18. The Hall–Kier alpha value is -1.51. The first kappa shape index (κ1) is 20.8. The minimum atomic E-state index is -3.84. The van der Waals surface area contributed by atoms with Crippen LogP contribution in [-0.4, -0.2) is 68.3 Å². The number of rotatable bonds is 6. The van der Waals surface area contributed by atoms with E-state index >= 15 is 0 Å². The van der Waals surface area contributed by atoms with E-state index in [1.54, 1.807) is 0 Å². The topological polar surface area (TPSA) is 62.1 Å². The molecule has 8 heteroatoms. The Labute approximate surface area is 155 Å². The first-order valence-electron chi connectivity index (χ1n) is 9.04. The lowest BCUT2D eigenvalue weighted by Gasteiger charge is -2.35. The first-order chi connectivity index (χ1) is 12.1. The van der Waals surface area contributed by atoms with E-state index in [-0.39, 0.29) is 36.0 Å². The quantitative estimate of drug-likeness (QED) is 0.768. The van der Waals surface area contributed by atoms with Crippen molar-refractivity contribution in [3.63, 3.8) is 0 Å². The molecule has 0 aromatic heterocycles. The normalized spacial score (nSPS) is 17.0. The number of piperazine rings is 1. The van der Waals surface area contributed by atoms with Crippen LogP contribution in [0.15, 0.2) is 29.2 Å². The second-order valence-electron chi connectivity index (χ2n) is 7.25. The second kappa shape index (κ2) is 8.45. The Kier molecular flexibility index (Phi) is 6.76. The number of hydrogen-bond donors (Lipinski definition) is 1. The highest BCUT2D eigenvalue weighted by Gasteiger charge is 2.33. The Morgan fingerprint density at radius 1 is 1.15 bits per heavy atom. The van der Waals surface area contributed by atoms with Gasteiger partial charge in [-0.25, -0.2) is 12.8 Å². The van der Waals surface area contributed by atoms with Gasteiger partial charge in [0.2, 0.25) is 10.0 Å². The van der Waals surface area contributed by atoms with E-state index in [4.69, 9.17) is 0 Å². The number of nitrogens with zero attached hydrogens (tertiary/aromatic N) is 2. The lowest BCUT2D eigenvalue weighted by Crippen LogP contribution is -3.15. The van der Waals surface area contributed by atoms with Crippen LogP contribution in [0.4, 0.5) is 4.39 Å². The molecule has 0 radical (unpaired) electrons. The van der Waals surface area contributed by atoms with E-state index in [9.17, 15) is 17.6 Å². The summed E-state index contributed by atoms with van der Waals surface area (Å²) in [7, 11) is -3.84. The van der Waals surface area contributed by atoms with Gasteiger partial charge in [-0.05, 0) is 39.8 Å². The van der Waals surface area contributed by atoms with Crippen molar-refractivity contribution in [1.29, 1.82) is 0 Å². The van der Waals surface area contributed by atoms with Crippen molar-refractivity contribution >= 4 is 15.9 Å². The molecule has 2 rings (SSSR count). The average molecular weight is 387 g/mol. The number of amides is 1. The van der Waals surface area contributed by atoms with Crippen LogP contribution >= 0.6 is 0 Å². The number of carbonyl (C=O) groups is 1. The highest BCUT2D eigenvalue weighted by molar-refractivity contribution is 7.89. The highest BCUT2D eigenvalue weighted by atomic mass is 32.2. The van der Waals surface area contributed by atoms with Crippen LogP contribution < -0.4 is 4.90 Å². The lowest BCUT2D eigenvalue weighted by molar-refractivity contribution is -0.896. The van der Waals surface area contributed by atoms with Crippen molar-refractivity contribution in [3.05, 3.63) is 30.1 Å². The van der Waals surface area contributed by atoms with Crippen molar-refractivity contribution in [2.45, 2.75) is 44.7 Å². The summed E-state index contributed by atoms with van der Waals surface area (Å²) < 4.78 is 40.4. The maximum absolute atomic E-state index is 13.9. The number of nitrogens with one attached hydrogen (secondary N) is 1. The van der Waals surface area contributed by atoms with Gasteiger partial charge >= 0.3 is 0 Å². The zero-order chi connectivity index (χ0) is 19.5. The second-order valence-corrected chi connectivity index (χ2v) is 9.16. The molecule has 26 heavy (non-hydrogen) atoms. The predicted molar refractivity (Wildman–Crippen MR) is 97.8 cm³/mol. The Morgan fingerprint density at radius 3 is 2.19 bits per heavy atom. The van der Waals surface area contributed by atoms with Crippen LogP contribution in [0.1, 0.15) is 27.7 Å². The molecule has 0 atom stereocenters. The summed E-state index contributed by atoms with van der Waals surface area (Å²) in [5.74, 6) is -0.655. The van der Waals surface area contributed by atoms with E-state index in [1.165, 1.54) is 22.5 Å². The lowest BCUT2D eigenvalue weighted by atomic mass is 10.2. The van der Waals surface area contributed by atoms with Crippen LogP contribution in [0, 0.1) is 5.82 Å². The number of hydrogen-bond acceptors (Lipinski definition) is 3. The summed E-state index contributed by atoms with van der Waals surface area (Å²) in [5, 5.41) is 0. The van der Waals surface area contributed by atoms with E-state index in [1.807, 2.05) is 32.6 Å². The van der Waals surface area contributed by atoms with Crippen LogP contribution in [0.2, 0.25) is 0 Å². The van der Waals surface area contributed by atoms with Crippen LogP contribution in [0.25, 0.3) is 0 Å². The van der Waals surface area contributed by atoms with Gasteiger partial charge in [0.1, 0.15) is 10.7 Å². The van der Waals surface area contributed by atoms with E-state index in [0.717, 1.165) is 11.0 Å². The third-order valence-electron chi connectivity index (χ3n) is 4.69. The maximum atomic E-state index is 13.9. The summed E-state index contributed by atoms with van der Waals surface area (Å²) in [4.78, 5) is 15.2. The first-order valence-corrected chi connectivity index (χ1v) is 10.5. The summed E-state index contributed by atoms with van der Waals surface area (Å²) >= 11 is 0. The molecular weight excluding hydrogens is 357 g/mol. The van der Waals surface area contributed by atoms with Crippen molar-refractivity contribution < 1.29 is 22.5 Å². The molecule has 6 nitrogen and oxygen atoms in total. The van der Waals surface area contributed by atoms with Crippen molar-refractivity contribution in [1.82, 2.24) is 9.21 Å². The van der Waals surface area contributed by atoms with Gasteiger partial charge in [-0.2, -0.15) is 4.31 Å². The molecule has 1 heterocycles. The summed E-state index contributed by atoms with van der Waals surface area (Å²) in [6.07, 6.45) is 0. The number of benzene rings is 1. The fraction of sp³-hybridized carbons (Fsp3) is 0.611. The molecule has 0 bridgehead atoms. The van der Waals surface area contributed by atoms with Gasteiger partial charge in [0.25, 0.3) is 5.91 Å². The van der Waals surface area contributed by atoms with Crippen LogP contribution in [0.3, 0.4) is 0 Å². The molecule has 1 aliphatic rings. The molecule has 1 N–H and O–H groups in total. The minimum absolute atomic E-state index is 0.0791. The zero-order valence-electron chi connectivity index (χ0n) is 15.9. The van der Waals surface area contributed by atoms with E-state index < -0.39 is 15.8 Å². The van der Waals surface area contributed by atoms with Gasteiger partial charge in [0.05, 0.1) is 26.2 Å². The average Bonchev–Trinajstić information content (AvgIpc) is 2.54. The number of halogens is 1. The molecule has 0 saturated carbocycles. The van der Waals surface area contributed by atoms with Crippen LogP contribution in [0.5, 0.6) is 0 Å². The molecule has 146 valence electrons. The smallest absolute Gasteiger partial charge is 0.278 e. The van der Waals surface area contributed by atoms with Crippen molar-refractivity contribution in [2.75, 3.05) is 32.7 Å². The van der Waals surface area contributed by atoms with Crippen molar-refractivity contribution in [3.8, 4) is 0 Å². The van der Waals surface area contributed by atoms with Gasteiger partial charge in [-0.3, -0.25) is 4.79 Å². The number of carbonyl (C=O) groups excluding carboxylic acids is 1. The Bertz CT molecular complexity index is 721. The Balaban J connectivity index is 1.99. The SMILES string of the molecule is CC(C)N(C(=O)C[NH+]1CCN(S(=O)(=O)c2ccccc2F)CC1)C(C)C. The molecule has 0 aliphatic carbocycles. The number of sulfonamides is 1. The van der Waals surface area contributed by atoms with Gasteiger partial charge in [-0.1, -0.05) is 12.1 Å². The molecule has 1 aromatic carbocycles. The molecule has 1 aromatic rings. The summed E-state index contributed by atoms with van der Waals surface area (Å²) in [6, 6.07) is 5.68. The fourth-order valence-electron chi connectivity index (χ4n) is 3.49. The summed E-state index contributed by atoms with van der Waals surface area (Å²) in [6.45, 7) is 9.94. The number of quaternary nitrogens is 1. The monoisotopic (exact) mass is 386 g/mol. The van der Waals surface area contributed by atoms with Gasteiger partial charge < -0.3 is 9.80 Å². The van der Waals surface area contributed by atoms with Gasteiger partial charge in [0, 0.05) is 12.1 Å². The molecule has 1 saturated heterocycles.